The van der Waals surface area contributed by atoms with E-state index < -0.39 is 41.5 Å². The van der Waals surface area contributed by atoms with Gasteiger partial charge in [-0.1, -0.05) is 23.5 Å². The SMILES string of the molecule is O=Cc1ccc(C(=O)OCC(=O)Nc2nc3c(F)c(F)c(F)cc3s2)cc1. The van der Waals surface area contributed by atoms with Crippen molar-refractivity contribution in [3.05, 3.63) is 58.9 Å². The first-order valence-electron chi connectivity index (χ1n) is 7.35. The highest BCUT2D eigenvalue weighted by Gasteiger charge is 2.18. The summed E-state index contributed by atoms with van der Waals surface area (Å²) in [4.78, 5) is 37.9. The zero-order chi connectivity index (χ0) is 19.6. The Kier molecular flexibility index (Phi) is 5.17. The maximum absolute atomic E-state index is 13.6. The number of benzene rings is 2. The Hall–Kier alpha value is -3.27. The minimum absolute atomic E-state index is 0.00830. The van der Waals surface area contributed by atoms with Crippen molar-refractivity contribution >= 4 is 44.8 Å². The van der Waals surface area contributed by atoms with Gasteiger partial charge in [-0.15, -0.1) is 0 Å². The van der Waals surface area contributed by atoms with Crippen LogP contribution in [0.25, 0.3) is 10.2 Å². The fourth-order valence-corrected chi connectivity index (χ4v) is 3.00. The Morgan fingerprint density at radius 1 is 1.15 bits per heavy atom. The number of nitrogens with zero attached hydrogens (tertiary/aromatic N) is 1. The molecule has 0 saturated heterocycles. The molecule has 138 valence electrons. The molecule has 0 unspecified atom stereocenters. The number of fused-ring (bicyclic) bond motifs is 1. The third kappa shape index (κ3) is 3.95. The molecule has 0 aliphatic rings. The van der Waals surface area contributed by atoms with Gasteiger partial charge in [0, 0.05) is 5.56 Å². The van der Waals surface area contributed by atoms with Crippen LogP contribution >= 0.6 is 11.3 Å². The molecular weight excluding hydrogens is 385 g/mol. The number of ether oxygens (including phenoxy) is 1. The molecule has 0 saturated carbocycles. The number of esters is 1. The van der Waals surface area contributed by atoms with Crippen molar-refractivity contribution in [1.29, 1.82) is 0 Å². The van der Waals surface area contributed by atoms with Crippen LogP contribution in [0.3, 0.4) is 0 Å². The number of aldehydes is 1. The molecule has 0 spiro atoms. The van der Waals surface area contributed by atoms with Crippen molar-refractivity contribution in [2.75, 3.05) is 11.9 Å². The Morgan fingerprint density at radius 2 is 1.85 bits per heavy atom. The van der Waals surface area contributed by atoms with Crippen LogP contribution in [-0.2, 0) is 9.53 Å². The van der Waals surface area contributed by atoms with Gasteiger partial charge < -0.3 is 4.74 Å². The average molecular weight is 394 g/mol. The lowest BCUT2D eigenvalue weighted by molar-refractivity contribution is -0.119. The molecule has 0 aliphatic heterocycles. The fraction of sp³-hybridized carbons (Fsp3) is 0.0588. The molecule has 0 radical (unpaired) electrons. The molecule has 0 aliphatic carbocycles. The van der Waals surface area contributed by atoms with Gasteiger partial charge in [0.1, 0.15) is 11.8 Å². The van der Waals surface area contributed by atoms with Crippen molar-refractivity contribution in [3.63, 3.8) is 0 Å². The predicted molar refractivity (Wildman–Crippen MR) is 90.2 cm³/mol. The van der Waals surface area contributed by atoms with E-state index in [1.165, 1.54) is 24.3 Å². The summed E-state index contributed by atoms with van der Waals surface area (Å²) in [5.41, 5.74) is 0.100. The van der Waals surface area contributed by atoms with E-state index in [9.17, 15) is 27.6 Å². The van der Waals surface area contributed by atoms with Gasteiger partial charge in [-0.05, 0) is 18.2 Å². The third-order valence-corrected chi connectivity index (χ3v) is 4.30. The van der Waals surface area contributed by atoms with Gasteiger partial charge in [0.15, 0.2) is 29.2 Å². The molecule has 0 bridgehead atoms. The van der Waals surface area contributed by atoms with Crippen LogP contribution in [0.5, 0.6) is 0 Å². The number of amides is 1. The molecule has 0 atom stereocenters. The van der Waals surface area contributed by atoms with Gasteiger partial charge >= 0.3 is 5.97 Å². The van der Waals surface area contributed by atoms with Crippen molar-refractivity contribution < 1.29 is 32.3 Å². The number of rotatable bonds is 5. The summed E-state index contributed by atoms with van der Waals surface area (Å²) in [6.45, 7) is -0.657. The van der Waals surface area contributed by atoms with E-state index >= 15 is 0 Å². The molecule has 6 nitrogen and oxygen atoms in total. The van der Waals surface area contributed by atoms with Gasteiger partial charge in [-0.25, -0.2) is 22.9 Å². The van der Waals surface area contributed by atoms with E-state index in [-0.39, 0.29) is 15.4 Å². The predicted octanol–water partition coefficient (Wildman–Crippen LogP) is 3.32. The van der Waals surface area contributed by atoms with E-state index in [2.05, 4.69) is 10.3 Å². The number of nitrogens with one attached hydrogen (secondary N) is 1. The molecular formula is C17H9F3N2O4S. The third-order valence-electron chi connectivity index (χ3n) is 3.38. The van der Waals surface area contributed by atoms with Crippen LogP contribution in [-0.4, -0.2) is 29.8 Å². The summed E-state index contributed by atoms with van der Waals surface area (Å²) in [5, 5.41) is 2.15. The summed E-state index contributed by atoms with van der Waals surface area (Å²) in [7, 11) is 0. The molecule has 10 heteroatoms. The number of anilines is 1. The minimum atomic E-state index is -1.65. The van der Waals surface area contributed by atoms with Crippen molar-refractivity contribution in [2.24, 2.45) is 0 Å². The molecule has 0 fully saturated rings. The number of halogens is 3. The average Bonchev–Trinajstić information content (AvgIpc) is 3.06. The smallest absolute Gasteiger partial charge is 0.338 e. The summed E-state index contributed by atoms with van der Waals surface area (Å²) >= 11 is 0.734. The quantitative estimate of drug-likeness (QED) is 0.408. The second-order valence-electron chi connectivity index (χ2n) is 5.22. The normalized spacial score (nSPS) is 10.6. The summed E-state index contributed by atoms with van der Waals surface area (Å²) in [6, 6.07) is 6.33. The van der Waals surface area contributed by atoms with Crippen molar-refractivity contribution in [1.82, 2.24) is 4.98 Å². The van der Waals surface area contributed by atoms with E-state index in [0.717, 1.165) is 17.4 Å². The highest BCUT2D eigenvalue weighted by Crippen LogP contribution is 2.30. The number of thiazole rings is 1. The van der Waals surface area contributed by atoms with Gasteiger partial charge in [0.05, 0.1) is 10.3 Å². The first-order chi connectivity index (χ1) is 12.9. The lowest BCUT2D eigenvalue weighted by atomic mass is 10.1. The number of hydrogen-bond acceptors (Lipinski definition) is 6. The molecule has 27 heavy (non-hydrogen) atoms. The maximum Gasteiger partial charge on any atom is 0.338 e. The van der Waals surface area contributed by atoms with Gasteiger partial charge in [-0.2, -0.15) is 0 Å². The highest BCUT2D eigenvalue weighted by atomic mass is 32.1. The lowest BCUT2D eigenvalue weighted by Crippen LogP contribution is -2.20. The maximum atomic E-state index is 13.6. The van der Waals surface area contributed by atoms with Crippen LogP contribution in [0.2, 0.25) is 0 Å². The highest BCUT2D eigenvalue weighted by molar-refractivity contribution is 7.22. The van der Waals surface area contributed by atoms with Crippen LogP contribution in [0.15, 0.2) is 30.3 Å². The Morgan fingerprint density at radius 3 is 2.52 bits per heavy atom. The largest absolute Gasteiger partial charge is 0.452 e. The summed E-state index contributed by atoms with van der Waals surface area (Å²) in [6.07, 6.45) is 0.612. The van der Waals surface area contributed by atoms with Gasteiger partial charge in [-0.3, -0.25) is 14.9 Å². The van der Waals surface area contributed by atoms with Gasteiger partial charge in [0.25, 0.3) is 5.91 Å². The molecule has 2 aromatic carbocycles. The second-order valence-corrected chi connectivity index (χ2v) is 6.25. The second kappa shape index (κ2) is 7.54. The van der Waals surface area contributed by atoms with Crippen LogP contribution < -0.4 is 5.32 Å². The molecule has 3 aromatic rings. The van der Waals surface area contributed by atoms with Crippen LogP contribution in [0, 0.1) is 17.5 Å². The molecule has 1 aromatic heterocycles. The molecule has 1 N–H and O–H groups in total. The van der Waals surface area contributed by atoms with Gasteiger partial charge in [0.2, 0.25) is 0 Å². The van der Waals surface area contributed by atoms with E-state index in [1.807, 2.05) is 0 Å². The van der Waals surface area contributed by atoms with E-state index in [1.54, 1.807) is 0 Å². The number of carbonyl (C=O) groups is 3. The first-order valence-corrected chi connectivity index (χ1v) is 8.17. The van der Waals surface area contributed by atoms with Crippen molar-refractivity contribution in [2.45, 2.75) is 0 Å². The Labute approximate surface area is 153 Å². The monoisotopic (exact) mass is 394 g/mol. The van der Waals surface area contributed by atoms with Crippen LogP contribution in [0.4, 0.5) is 18.3 Å². The molecule has 3 rings (SSSR count). The molecule has 1 amide bonds. The zero-order valence-corrected chi connectivity index (χ0v) is 14.1. The number of carbonyl (C=O) groups excluding carboxylic acids is 3. The lowest BCUT2D eigenvalue weighted by Gasteiger charge is -2.04. The Bertz CT molecular complexity index is 1050. The molecule has 1 heterocycles. The Balaban J connectivity index is 1.63. The summed E-state index contributed by atoms with van der Waals surface area (Å²) in [5.74, 6) is -6.03. The standard InChI is InChI=1S/C17H9F3N2O4S/c18-10-5-11-15(14(20)13(10)19)22-17(27-11)21-12(24)7-26-16(25)9-3-1-8(6-23)2-4-9/h1-6H,7H2,(H,21,22,24). The summed E-state index contributed by atoms with van der Waals surface area (Å²) < 4.78 is 44.9. The first kappa shape index (κ1) is 18.5. The minimum Gasteiger partial charge on any atom is -0.452 e. The number of hydrogen-bond donors (Lipinski definition) is 1. The zero-order valence-electron chi connectivity index (χ0n) is 13.3. The van der Waals surface area contributed by atoms with Crippen molar-refractivity contribution in [3.8, 4) is 0 Å². The number of aromatic nitrogens is 1. The fourth-order valence-electron chi connectivity index (χ4n) is 2.10. The van der Waals surface area contributed by atoms with Crippen LogP contribution in [0.1, 0.15) is 20.7 Å². The topological polar surface area (TPSA) is 85.4 Å². The van der Waals surface area contributed by atoms with E-state index in [4.69, 9.17) is 4.74 Å². The van der Waals surface area contributed by atoms with E-state index in [0.29, 0.717) is 11.8 Å².